The van der Waals surface area contributed by atoms with Crippen molar-refractivity contribution in [2.75, 3.05) is 0 Å². The van der Waals surface area contributed by atoms with Crippen molar-refractivity contribution >= 4 is 46.4 Å². The van der Waals surface area contributed by atoms with Crippen LogP contribution in [-0.2, 0) is 0 Å². The molecular formula is C78H67N. The lowest BCUT2D eigenvalue weighted by Gasteiger charge is -2.48. The van der Waals surface area contributed by atoms with Crippen molar-refractivity contribution in [3.05, 3.63) is 302 Å². The zero-order valence-corrected chi connectivity index (χ0v) is 44.9. The van der Waals surface area contributed by atoms with Crippen molar-refractivity contribution in [1.82, 2.24) is 4.57 Å². The fourth-order valence-corrected chi connectivity index (χ4v) is 16.7. The lowest BCUT2D eigenvalue weighted by Crippen LogP contribution is -2.42. The molecule has 1 aromatic heterocycles. The Morgan fingerprint density at radius 3 is 2.16 bits per heavy atom. The fraction of sp³-hybridized carbons (Fsp3) is 0.231. The average Bonchev–Trinajstić information content (AvgIpc) is 4.11. The molecule has 0 N–H and O–H groups in total. The highest BCUT2D eigenvalue weighted by Gasteiger charge is 2.46. The molecule has 1 nitrogen and oxygen atoms in total. The number of hydrogen-bond acceptors (Lipinski definition) is 0. The molecule has 12 atom stereocenters. The van der Waals surface area contributed by atoms with Crippen molar-refractivity contribution < 1.29 is 0 Å². The number of para-hydroxylation sites is 1. The van der Waals surface area contributed by atoms with E-state index in [1.807, 2.05) is 0 Å². The number of fused-ring (bicyclic) bond motifs is 9. The minimum atomic E-state index is 0.296. The highest BCUT2D eigenvalue weighted by Crippen LogP contribution is 2.57. The van der Waals surface area contributed by atoms with Gasteiger partial charge in [0.05, 0.1) is 5.52 Å². The number of aromatic nitrogens is 1. The number of rotatable bonds is 7. The van der Waals surface area contributed by atoms with Gasteiger partial charge in [-0.15, -0.1) is 0 Å². The Balaban J connectivity index is 0.744. The number of nitrogens with zero attached hydrogens (tertiary/aromatic N) is 1. The van der Waals surface area contributed by atoms with E-state index < -0.39 is 0 Å². The van der Waals surface area contributed by atoms with Crippen LogP contribution in [0, 0.1) is 53.3 Å². The Hall–Kier alpha value is -8.00. The van der Waals surface area contributed by atoms with Crippen LogP contribution in [0.3, 0.4) is 0 Å². The van der Waals surface area contributed by atoms with Crippen LogP contribution < -0.4 is 31.4 Å². The summed E-state index contributed by atoms with van der Waals surface area (Å²) in [5, 5.41) is 9.71. The third-order valence-electron chi connectivity index (χ3n) is 20.2. The number of benzene rings is 5. The Kier molecular flexibility index (Phi) is 11.6. The molecule has 0 spiro atoms. The maximum Gasteiger partial charge on any atom is 0.0541 e. The van der Waals surface area contributed by atoms with Gasteiger partial charge in [-0.05, 0) is 141 Å². The van der Waals surface area contributed by atoms with Crippen molar-refractivity contribution in [2.24, 2.45) is 53.3 Å². The molecule has 10 aliphatic carbocycles. The van der Waals surface area contributed by atoms with E-state index in [2.05, 4.69) is 266 Å². The Morgan fingerprint density at radius 1 is 0.519 bits per heavy atom. The van der Waals surface area contributed by atoms with Gasteiger partial charge in [-0.1, -0.05) is 248 Å². The molecule has 6 aromatic rings. The maximum atomic E-state index is 2.67. The molecule has 0 amide bonds. The van der Waals surface area contributed by atoms with E-state index in [9.17, 15) is 0 Å². The van der Waals surface area contributed by atoms with Gasteiger partial charge in [-0.25, -0.2) is 0 Å². The van der Waals surface area contributed by atoms with Gasteiger partial charge < -0.3 is 4.57 Å². The van der Waals surface area contributed by atoms with Crippen molar-refractivity contribution in [2.45, 2.75) is 56.3 Å². The van der Waals surface area contributed by atoms with Gasteiger partial charge in [0.25, 0.3) is 0 Å². The van der Waals surface area contributed by atoms with E-state index in [1.54, 1.807) is 27.8 Å². The zero-order valence-electron chi connectivity index (χ0n) is 44.9. The first-order chi connectivity index (χ1) is 39.2. The summed E-state index contributed by atoms with van der Waals surface area (Å²) >= 11 is 0. The highest BCUT2D eigenvalue weighted by molar-refractivity contribution is 5.86. The summed E-state index contributed by atoms with van der Waals surface area (Å²) in [6.45, 7) is 0. The molecular weight excluding hydrogens is 951 g/mol. The third kappa shape index (κ3) is 7.93. The van der Waals surface area contributed by atoms with Gasteiger partial charge in [-0.2, -0.15) is 0 Å². The molecule has 384 valence electrons. The molecule has 79 heavy (non-hydrogen) atoms. The van der Waals surface area contributed by atoms with E-state index in [0.717, 1.165) is 25.7 Å². The molecule has 0 fully saturated rings. The molecule has 0 aliphatic heterocycles. The summed E-state index contributed by atoms with van der Waals surface area (Å²) in [5.74, 6) is 4.88. The van der Waals surface area contributed by atoms with Crippen LogP contribution in [0.4, 0.5) is 0 Å². The SMILES string of the molecule is C1=CC(C2=c3ccccc3=C(C3=CC4C=CC=CC4C=C3)C3C=CC=CC23)CC(C2C=c3c(n(-c4ccccc4)c4ccc(C5C=CC=C(C6c7ccccc7C(C7C=c8ccccc8=CC7)C7C=CCCC67)C5)cc34)=CC2)=C1. The van der Waals surface area contributed by atoms with Gasteiger partial charge in [-0.3, -0.25) is 0 Å². The van der Waals surface area contributed by atoms with Crippen LogP contribution >= 0.6 is 0 Å². The predicted octanol–water partition coefficient (Wildman–Crippen LogP) is 13.7. The molecule has 0 saturated heterocycles. The van der Waals surface area contributed by atoms with Crippen molar-refractivity contribution in [3.63, 3.8) is 0 Å². The van der Waals surface area contributed by atoms with E-state index >= 15 is 0 Å². The molecule has 10 aliphatic rings. The number of hydrogen-bond donors (Lipinski definition) is 0. The first kappa shape index (κ1) is 47.0. The second-order valence-electron chi connectivity index (χ2n) is 24.3. The van der Waals surface area contributed by atoms with Crippen LogP contribution in [0.1, 0.15) is 73.0 Å². The summed E-state index contributed by atoms with van der Waals surface area (Å²) in [6, 6.07) is 46.5. The molecule has 0 bridgehead atoms. The molecule has 5 aromatic carbocycles. The summed E-state index contributed by atoms with van der Waals surface area (Å²) in [4.78, 5) is 0. The Bertz CT molecular complexity index is 4280. The largest absolute Gasteiger partial charge is 0.310 e. The quantitative estimate of drug-likeness (QED) is 0.140. The monoisotopic (exact) mass is 1020 g/mol. The van der Waals surface area contributed by atoms with E-state index in [4.69, 9.17) is 0 Å². The fourth-order valence-electron chi connectivity index (χ4n) is 16.7. The zero-order chi connectivity index (χ0) is 52.0. The standard InChI is InChI=1S/C78H67N/c1-2-26-62(27-3-1)79-73-42-40-56(54-22-16-24-58(46-54)75-63-28-8-12-32-67(63)77(68-33-13-9-29-64(68)75)60-38-36-50-18-4-6-20-52(50)44-60)48-71(73)72-49-57(41-43-74(72)79)55-23-17-25-59(47-55)76-65-30-10-14-34-69(65)78(70-35-15-11-31-66(70)76)61-39-37-51-19-5-7-21-53(51)45-61/h1-10,12-30,32-38,41-45,48-50,52,55-56,58,61,63,66-67,70,76,78H,11,31,39-40,46-47H2. The van der Waals surface area contributed by atoms with Gasteiger partial charge >= 0.3 is 0 Å². The van der Waals surface area contributed by atoms with Gasteiger partial charge in [0.15, 0.2) is 0 Å². The average molecular weight is 1020 g/mol. The maximum absolute atomic E-state index is 2.67. The summed E-state index contributed by atoms with van der Waals surface area (Å²) in [6.07, 6.45) is 63.0. The molecule has 16 rings (SSSR count). The highest BCUT2D eigenvalue weighted by atomic mass is 15.0. The first-order valence-corrected chi connectivity index (χ1v) is 29.8. The van der Waals surface area contributed by atoms with Gasteiger partial charge in [0, 0.05) is 69.0 Å². The number of allylic oxidation sites excluding steroid dienone is 22. The van der Waals surface area contributed by atoms with E-state index in [0.29, 0.717) is 71.0 Å². The smallest absolute Gasteiger partial charge is 0.0541 e. The summed E-state index contributed by atoms with van der Waals surface area (Å²) in [5.41, 5.74) is 14.7. The van der Waals surface area contributed by atoms with Crippen molar-refractivity contribution in [1.29, 1.82) is 0 Å². The van der Waals surface area contributed by atoms with E-state index in [1.165, 1.54) is 77.6 Å². The predicted molar refractivity (Wildman–Crippen MR) is 330 cm³/mol. The third-order valence-corrected chi connectivity index (χ3v) is 20.2. The minimum absolute atomic E-state index is 0.296. The van der Waals surface area contributed by atoms with Gasteiger partial charge in [0.1, 0.15) is 0 Å². The lowest BCUT2D eigenvalue weighted by atomic mass is 9.55. The second-order valence-corrected chi connectivity index (χ2v) is 24.3. The molecule has 1 heterocycles. The van der Waals surface area contributed by atoms with Crippen LogP contribution in [0.25, 0.3) is 52.0 Å². The summed E-state index contributed by atoms with van der Waals surface area (Å²) < 4.78 is 2.54. The van der Waals surface area contributed by atoms with Gasteiger partial charge in [0.2, 0.25) is 0 Å². The topological polar surface area (TPSA) is 4.93 Å². The molecule has 1 heteroatoms. The van der Waals surface area contributed by atoms with Crippen LogP contribution in [-0.4, -0.2) is 4.57 Å². The van der Waals surface area contributed by atoms with Crippen LogP contribution in [0.15, 0.2) is 253 Å². The van der Waals surface area contributed by atoms with E-state index in [-0.39, 0.29) is 0 Å². The normalized spacial score (nSPS) is 30.2. The lowest BCUT2D eigenvalue weighted by molar-refractivity contribution is 0.228. The van der Waals surface area contributed by atoms with Crippen LogP contribution in [0.2, 0.25) is 0 Å². The molecule has 0 radical (unpaired) electrons. The molecule has 0 saturated carbocycles. The first-order valence-electron chi connectivity index (χ1n) is 29.8. The second kappa shape index (κ2) is 19.4. The Morgan fingerprint density at radius 2 is 1.27 bits per heavy atom. The van der Waals surface area contributed by atoms with Crippen molar-refractivity contribution in [3.8, 4) is 5.69 Å². The minimum Gasteiger partial charge on any atom is -0.310 e. The van der Waals surface area contributed by atoms with Crippen LogP contribution in [0.5, 0.6) is 0 Å². The Labute approximate surface area is 465 Å². The summed E-state index contributed by atoms with van der Waals surface area (Å²) in [7, 11) is 0. The molecule has 12 unspecified atom stereocenters.